The molecule has 0 aliphatic carbocycles. The summed E-state index contributed by atoms with van der Waals surface area (Å²) in [6, 6.07) is -0.452. The van der Waals surface area contributed by atoms with Crippen LogP contribution in [-0.4, -0.2) is 58.6 Å². The molecule has 4 atom stereocenters. The highest BCUT2D eigenvalue weighted by molar-refractivity contribution is 8.00. The Kier molecular flexibility index (Phi) is 6.07. The van der Waals surface area contributed by atoms with Gasteiger partial charge in [-0.05, 0) is 19.8 Å². The minimum atomic E-state index is -0.793. The average molecular weight is 329 g/mol. The molecule has 2 aliphatic rings. The number of aliphatic hydroxyl groups excluding tert-OH is 1. The third kappa shape index (κ3) is 4.36. The molecule has 2 saturated heterocycles. The summed E-state index contributed by atoms with van der Waals surface area (Å²) < 4.78 is 0. The lowest BCUT2D eigenvalue weighted by Crippen LogP contribution is -2.42. The van der Waals surface area contributed by atoms with Gasteiger partial charge in [0.05, 0.1) is 18.7 Å². The molecule has 4 unspecified atom stereocenters. The number of hydrogen-bond donors (Lipinski definition) is 4. The lowest BCUT2D eigenvalue weighted by atomic mass is 10.0. The monoisotopic (exact) mass is 329 g/mol. The zero-order valence-electron chi connectivity index (χ0n) is 12.6. The number of hydrogen-bond acceptors (Lipinski definition) is 5. The van der Waals surface area contributed by atoms with Crippen molar-refractivity contribution in [3.05, 3.63) is 0 Å². The molecule has 0 spiro atoms. The second-order valence-electron chi connectivity index (χ2n) is 5.78. The lowest BCUT2D eigenvalue weighted by molar-refractivity contribution is -0.127. The van der Waals surface area contributed by atoms with Crippen LogP contribution in [0.1, 0.15) is 32.6 Å². The van der Waals surface area contributed by atoms with Gasteiger partial charge in [-0.3, -0.25) is 9.59 Å². The Bertz CT molecular complexity index is 446. The summed E-state index contributed by atoms with van der Waals surface area (Å²) in [5, 5.41) is 17.8. The number of rotatable bonds is 8. The van der Waals surface area contributed by atoms with Gasteiger partial charge in [0.2, 0.25) is 5.91 Å². The number of carbonyl (C=O) groups is 3. The van der Waals surface area contributed by atoms with Gasteiger partial charge in [0.25, 0.3) is 0 Å². The number of thioether (sulfide) groups is 1. The maximum Gasteiger partial charge on any atom is 0.315 e. The molecule has 2 fully saturated rings. The number of Topliss-reactive ketones (excluding diaryl/α,β-unsaturated/α-hetero) is 1. The molecule has 0 aromatic carbocycles. The lowest BCUT2D eigenvalue weighted by Gasteiger charge is -2.16. The molecule has 124 valence electrons. The highest BCUT2D eigenvalue weighted by Crippen LogP contribution is 2.33. The third-order valence-electron chi connectivity index (χ3n) is 4.09. The van der Waals surface area contributed by atoms with Crippen molar-refractivity contribution in [1.82, 2.24) is 16.0 Å². The smallest absolute Gasteiger partial charge is 0.315 e. The molecule has 3 amide bonds. The van der Waals surface area contributed by atoms with Crippen LogP contribution in [0.25, 0.3) is 0 Å². The van der Waals surface area contributed by atoms with Crippen LogP contribution >= 0.6 is 11.8 Å². The molecule has 22 heavy (non-hydrogen) atoms. The van der Waals surface area contributed by atoms with Crippen molar-refractivity contribution in [1.29, 1.82) is 0 Å². The molecular weight excluding hydrogens is 306 g/mol. The Labute approximate surface area is 134 Å². The van der Waals surface area contributed by atoms with Crippen molar-refractivity contribution in [2.45, 2.75) is 56.0 Å². The Morgan fingerprint density at radius 3 is 2.86 bits per heavy atom. The first-order valence-electron chi connectivity index (χ1n) is 7.60. The highest BCUT2D eigenvalue weighted by atomic mass is 32.2. The van der Waals surface area contributed by atoms with E-state index in [0.29, 0.717) is 11.7 Å². The summed E-state index contributed by atoms with van der Waals surface area (Å²) in [5.41, 5.74) is 0. The van der Waals surface area contributed by atoms with Gasteiger partial charge in [-0.25, -0.2) is 4.79 Å². The van der Waals surface area contributed by atoms with E-state index in [2.05, 4.69) is 16.0 Å². The van der Waals surface area contributed by atoms with E-state index >= 15 is 0 Å². The summed E-state index contributed by atoms with van der Waals surface area (Å²) in [6.07, 6.45) is 2.93. The number of urea groups is 1. The van der Waals surface area contributed by atoms with E-state index in [1.165, 1.54) is 6.92 Å². The maximum absolute atomic E-state index is 11.7. The van der Waals surface area contributed by atoms with Crippen molar-refractivity contribution in [3.8, 4) is 0 Å². The molecule has 0 radical (unpaired) electrons. The van der Waals surface area contributed by atoms with Crippen LogP contribution in [0.5, 0.6) is 0 Å². The molecule has 8 heteroatoms. The Morgan fingerprint density at radius 1 is 1.41 bits per heavy atom. The predicted octanol–water partition coefficient (Wildman–Crippen LogP) is -0.222. The van der Waals surface area contributed by atoms with Crippen LogP contribution in [-0.2, 0) is 9.59 Å². The number of fused-ring (bicyclic) bond motifs is 1. The van der Waals surface area contributed by atoms with Crippen molar-refractivity contribution < 1.29 is 19.5 Å². The highest BCUT2D eigenvalue weighted by Gasteiger charge is 2.42. The molecule has 2 rings (SSSR count). The molecule has 4 N–H and O–H groups in total. The Balaban J connectivity index is 1.62. The quantitative estimate of drug-likeness (QED) is 0.364. The first-order chi connectivity index (χ1) is 10.5. The fourth-order valence-electron chi connectivity index (χ4n) is 2.82. The summed E-state index contributed by atoms with van der Waals surface area (Å²) >= 11 is 1.86. The molecule has 0 bridgehead atoms. The van der Waals surface area contributed by atoms with E-state index < -0.39 is 6.04 Å². The summed E-state index contributed by atoms with van der Waals surface area (Å²) in [6.45, 7) is 0.981. The number of nitrogens with one attached hydrogen (secondary N) is 3. The normalized spacial score (nSPS) is 27.7. The minimum Gasteiger partial charge on any atom is -0.394 e. The number of unbranched alkanes of at least 4 members (excludes halogenated alkanes) is 1. The number of carbonyl (C=O) groups excluding carboxylic acids is 3. The Hall–Kier alpha value is -1.28. The first-order valence-corrected chi connectivity index (χ1v) is 8.65. The van der Waals surface area contributed by atoms with Crippen LogP contribution in [0, 0.1) is 0 Å². The van der Waals surface area contributed by atoms with Gasteiger partial charge in [0.1, 0.15) is 6.04 Å². The largest absolute Gasteiger partial charge is 0.394 e. The van der Waals surface area contributed by atoms with E-state index in [0.717, 1.165) is 25.0 Å². The van der Waals surface area contributed by atoms with Gasteiger partial charge in [-0.15, -0.1) is 0 Å². The topological polar surface area (TPSA) is 108 Å². The zero-order valence-corrected chi connectivity index (χ0v) is 13.4. The van der Waals surface area contributed by atoms with Crippen LogP contribution in [0.2, 0.25) is 0 Å². The van der Waals surface area contributed by atoms with E-state index in [4.69, 9.17) is 5.11 Å². The van der Waals surface area contributed by atoms with E-state index in [9.17, 15) is 14.4 Å². The van der Waals surface area contributed by atoms with Gasteiger partial charge in [0.15, 0.2) is 5.78 Å². The van der Waals surface area contributed by atoms with Crippen LogP contribution in [0.3, 0.4) is 0 Å². The van der Waals surface area contributed by atoms with E-state index in [1.807, 2.05) is 11.8 Å². The van der Waals surface area contributed by atoms with Crippen molar-refractivity contribution >= 4 is 29.5 Å². The number of amides is 3. The zero-order chi connectivity index (χ0) is 16.1. The average Bonchev–Trinajstić information content (AvgIpc) is 3.00. The SMILES string of the molecule is CC(=O)C(CO)NC(=O)CCCCC1SCC2NC(=O)NC21. The van der Waals surface area contributed by atoms with Gasteiger partial charge >= 0.3 is 6.03 Å². The number of aliphatic hydroxyl groups is 1. The fraction of sp³-hybridized carbons (Fsp3) is 0.786. The molecule has 0 aromatic rings. The second-order valence-corrected chi connectivity index (χ2v) is 7.05. The van der Waals surface area contributed by atoms with Crippen LogP contribution in [0.15, 0.2) is 0 Å². The first kappa shape index (κ1) is 17.1. The second kappa shape index (κ2) is 7.82. The molecule has 2 aliphatic heterocycles. The summed E-state index contributed by atoms with van der Waals surface area (Å²) in [5.74, 6) is 0.487. The van der Waals surface area contributed by atoms with Gasteiger partial charge in [-0.1, -0.05) is 6.42 Å². The van der Waals surface area contributed by atoms with Crippen molar-refractivity contribution in [2.75, 3.05) is 12.4 Å². The van der Waals surface area contributed by atoms with Crippen molar-refractivity contribution in [3.63, 3.8) is 0 Å². The van der Waals surface area contributed by atoms with Crippen LogP contribution in [0.4, 0.5) is 4.79 Å². The molecular formula is C14H23N3O4S. The number of ketones is 1. The summed E-state index contributed by atoms with van der Waals surface area (Å²) in [4.78, 5) is 34.1. The molecule has 2 heterocycles. The molecule has 0 saturated carbocycles. The predicted molar refractivity (Wildman–Crippen MR) is 83.7 cm³/mol. The standard InChI is InChI=1S/C14H23N3O4S/c1-8(19)9(6-18)15-12(20)5-3-2-4-11-13-10(7-22-11)16-14(21)17-13/h9-11,13,18H,2-7H2,1H3,(H,15,20)(H2,16,17,21). The summed E-state index contributed by atoms with van der Waals surface area (Å²) in [7, 11) is 0. The van der Waals surface area contributed by atoms with Crippen LogP contribution < -0.4 is 16.0 Å². The molecule has 7 nitrogen and oxygen atoms in total. The van der Waals surface area contributed by atoms with Gasteiger partial charge < -0.3 is 21.1 Å². The van der Waals surface area contributed by atoms with E-state index in [-0.39, 0.29) is 36.4 Å². The Morgan fingerprint density at radius 2 is 2.18 bits per heavy atom. The third-order valence-corrected chi connectivity index (χ3v) is 5.60. The van der Waals surface area contributed by atoms with E-state index in [1.54, 1.807) is 0 Å². The van der Waals surface area contributed by atoms with Crippen molar-refractivity contribution in [2.24, 2.45) is 0 Å². The maximum atomic E-state index is 11.7. The fourth-order valence-corrected chi connectivity index (χ4v) is 4.36. The van der Waals surface area contributed by atoms with Gasteiger partial charge in [0, 0.05) is 17.4 Å². The molecule has 0 aromatic heterocycles. The minimum absolute atomic E-state index is 0.0843. The van der Waals surface area contributed by atoms with Gasteiger partial charge in [-0.2, -0.15) is 11.8 Å².